The van der Waals surface area contributed by atoms with Crippen molar-refractivity contribution in [1.82, 2.24) is 0 Å². The number of hydrogen-bond donors (Lipinski definition) is 0. The standard InChI is InChI=1S/5C22H21BO2S/c1-21(2)22(3,4)25-23(24-21)18-10-7-8-14-12-20-17(13-16(14)18)15-9-5-6-11-19(15)26-20;1-21(2)22(3,4)25-23(24-21)19-15-10-6-5-9-14(15)13-17-16-11-7-8-12-18(16)26-20(17)19;1-21(2)22(3,4)25-23(24-21)18-11-7-10-16-17-12-14-8-5-6-9-15(14)13-19(17)26-20(16)18;1-21(2)22(3,4)25-23(24-21)16-9-10-19-18(13-16)17-11-14-7-5-6-8-15(14)12-20(17)26-19;1-21(2)22(3,4)25-23(24-21)16-9-10-17-18-11-14-7-5-6-8-15(14)12-19(18)26-20(17)13-16/h5*5-13H,1-4H3. The van der Waals surface area contributed by atoms with Crippen molar-refractivity contribution >= 4 is 274 Å². The number of hydrogen-bond acceptors (Lipinski definition) is 15. The van der Waals surface area contributed by atoms with Gasteiger partial charge in [-0.1, -0.05) is 194 Å². The number of fused-ring (bicyclic) bond motifs is 20. The van der Waals surface area contributed by atoms with Gasteiger partial charge in [-0.25, -0.2) is 0 Å². The van der Waals surface area contributed by atoms with Crippen molar-refractivity contribution in [3.8, 4) is 0 Å². The highest BCUT2D eigenvalue weighted by atomic mass is 32.1. The van der Waals surface area contributed by atoms with Crippen LogP contribution in [0.3, 0.4) is 0 Å². The summed E-state index contributed by atoms with van der Waals surface area (Å²) in [4.78, 5) is 0. The van der Waals surface area contributed by atoms with Crippen LogP contribution in [-0.2, 0) is 46.5 Å². The quantitative estimate of drug-likeness (QED) is 0.155. The fourth-order valence-corrected chi connectivity index (χ4v) is 24.3. The highest BCUT2D eigenvalue weighted by molar-refractivity contribution is 7.28. The summed E-state index contributed by atoms with van der Waals surface area (Å²) in [6, 6.07) is 98.1. The second-order valence-electron chi connectivity index (χ2n) is 40.6. The van der Waals surface area contributed by atoms with E-state index in [1.807, 2.05) is 56.7 Å². The Kier molecular flexibility index (Phi) is 21.3. The van der Waals surface area contributed by atoms with Gasteiger partial charge in [0.2, 0.25) is 0 Å². The van der Waals surface area contributed by atoms with Gasteiger partial charge in [0.1, 0.15) is 0 Å². The van der Waals surface area contributed by atoms with E-state index in [-0.39, 0.29) is 91.6 Å². The minimum atomic E-state index is -0.360. The molecule has 5 aromatic heterocycles. The van der Waals surface area contributed by atoms with E-state index >= 15 is 0 Å². The normalized spacial score (nSPS) is 19.0. The van der Waals surface area contributed by atoms with Gasteiger partial charge in [-0.3, -0.25) is 0 Å². The number of thiophene rings is 5. The summed E-state index contributed by atoms with van der Waals surface area (Å²) in [5.74, 6) is 0. The first kappa shape index (κ1) is 87.3. The maximum absolute atomic E-state index is 6.45. The summed E-state index contributed by atoms with van der Waals surface area (Å²) in [5, 5.41) is 25.6. The molecule has 0 spiro atoms. The lowest BCUT2D eigenvalue weighted by atomic mass is 9.75. The van der Waals surface area contributed by atoms with Gasteiger partial charge in [0, 0.05) is 101 Å². The van der Waals surface area contributed by atoms with Gasteiger partial charge < -0.3 is 46.5 Å². The summed E-state index contributed by atoms with van der Waals surface area (Å²) in [5.41, 5.74) is 2.29. The first-order valence-electron chi connectivity index (χ1n) is 45.3. The Bertz CT molecular complexity index is 7820. The van der Waals surface area contributed by atoms with Gasteiger partial charge in [0.25, 0.3) is 0 Å². The van der Waals surface area contributed by atoms with Crippen molar-refractivity contribution in [2.45, 2.75) is 194 Å². The molecular formula is C110H105B5O10S5. The summed E-state index contributed by atoms with van der Waals surface area (Å²) < 4.78 is 76.1. The third kappa shape index (κ3) is 15.1. The van der Waals surface area contributed by atoms with Crippen molar-refractivity contribution in [2.24, 2.45) is 0 Å². The summed E-state index contributed by atoms with van der Waals surface area (Å²) >= 11 is 9.20. The van der Waals surface area contributed by atoms with Crippen LogP contribution in [-0.4, -0.2) is 91.6 Å². The fourth-order valence-electron chi connectivity index (χ4n) is 18.3. The van der Waals surface area contributed by atoms with Crippen LogP contribution >= 0.6 is 56.7 Å². The van der Waals surface area contributed by atoms with E-state index in [1.54, 1.807) is 0 Å². The molecule has 0 bridgehead atoms. The average molecular weight is 1800 g/mol. The first-order valence-corrected chi connectivity index (χ1v) is 49.3. The van der Waals surface area contributed by atoms with Crippen LogP contribution in [0, 0.1) is 0 Å². The van der Waals surface area contributed by atoms with Crippen LogP contribution in [0.25, 0.3) is 155 Å². The second-order valence-corrected chi connectivity index (χ2v) is 45.9. The molecule has 0 saturated carbocycles. The van der Waals surface area contributed by atoms with Crippen molar-refractivity contribution < 1.29 is 46.5 Å². The Balaban J connectivity index is 0.0000000983. The Hall–Kier alpha value is -9.38. The van der Waals surface area contributed by atoms with Crippen molar-refractivity contribution in [3.05, 3.63) is 273 Å². The molecule has 15 aromatic carbocycles. The minimum Gasteiger partial charge on any atom is -0.399 e. The zero-order chi connectivity index (χ0) is 90.5. The molecule has 5 aliphatic rings. The first-order chi connectivity index (χ1) is 61.8. The molecule has 25 rings (SSSR count). The summed E-state index contributed by atoms with van der Waals surface area (Å²) in [7, 11) is -1.66. The third-order valence-electron chi connectivity index (χ3n) is 29.5. The average Bonchev–Trinajstić information content (AvgIpc) is 1.47. The third-order valence-corrected chi connectivity index (χ3v) is 35.3. The van der Waals surface area contributed by atoms with Crippen LogP contribution < -0.4 is 27.3 Å². The molecule has 0 unspecified atom stereocenters. The van der Waals surface area contributed by atoms with Gasteiger partial charge in [0.05, 0.1) is 56.0 Å². The summed E-state index contributed by atoms with van der Waals surface area (Å²) in [6.07, 6.45) is 0. The molecule has 10 nitrogen and oxygen atoms in total. The molecule has 5 fully saturated rings. The zero-order valence-electron chi connectivity index (χ0n) is 77.5. The van der Waals surface area contributed by atoms with Crippen LogP contribution in [0.5, 0.6) is 0 Å². The molecule has 0 N–H and O–H groups in total. The van der Waals surface area contributed by atoms with E-state index in [0.29, 0.717) is 0 Å². The second kappa shape index (κ2) is 31.6. The molecule has 20 aromatic rings. The van der Waals surface area contributed by atoms with Crippen molar-refractivity contribution in [1.29, 1.82) is 0 Å². The highest BCUT2D eigenvalue weighted by Gasteiger charge is 2.57. The molecule has 10 heterocycles. The van der Waals surface area contributed by atoms with Gasteiger partial charge in [-0.05, 0) is 298 Å². The Morgan fingerprint density at radius 2 is 0.454 bits per heavy atom. The molecule has 5 saturated heterocycles. The Labute approximate surface area is 782 Å². The van der Waals surface area contributed by atoms with E-state index in [9.17, 15) is 0 Å². The molecule has 130 heavy (non-hydrogen) atoms. The van der Waals surface area contributed by atoms with Crippen LogP contribution in [0.15, 0.2) is 273 Å². The zero-order valence-corrected chi connectivity index (χ0v) is 81.6. The number of benzene rings is 15. The van der Waals surface area contributed by atoms with E-state index < -0.39 is 0 Å². The molecule has 0 radical (unpaired) electrons. The maximum Gasteiger partial charge on any atom is 0.496 e. The van der Waals surface area contributed by atoms with Gasteiger partial charge in [-0.2, -0.15) is 0 Å². The van der Waals surface area contributed by atoms with Crippen molar-refractivity contribution in [2.75, 3.05) is 0 Å². The van der Waals surface area contributed by atoms with Crippen LogP contribution in [0.2, 0.25) is 0 Å². The number of rotatable bonds is 5. The van der Waals surface area contributed by atoms with Crippen molar-refractivity contribution in [3.63, 3.8) is 0 Å². The van der Waals surface area contributed by atoms with E-state index in [1.165, 1.54) is 155 Å². The lowest BCUT2D eigenvalue weighted by Gasteiger charge is -2.32. The molecule has 650 valence electrons. The molecule has 5 aliphatic heterocycles. The van der Waals surface area contributed by atoms with Crippen LogP contribution in [0.1, 0.15) is 138 Å². The molecule has 20 heteroatoms. The molecule has 0 aliphatic carbocycles. The van der Waals surface area contributed by atoms with E-state index in [2.05, 4.69) is 411 Å². The monoisotopic (exact) mass is 1800 g/mol. The molecular weight excluding hydrogens is 1700 g/mol. The predicted octanol–water partition coefficient (Wildman–Crippen LogP) is 27.5. The van der Waals surface area contributed by atoms with Gasteiger partial charge in [-0.15, -0.1) is 56.7 Å². The fraction of sp³-hybridized carbons (Fsp3) is 0.273. The Morgan fingerprint density at radius 1 is 0.169 bits per heavy atom. The smallest absolute Gasteiger partial charge is 0.399 e. The lowest BCUT2D eigenvalue weighted by Crippen LogP contribution is -2.41. The Morgan fingerprint density at radius 3 is 0.962 bits per heavy atom. The van der Waals surface area contributed by atoms with Gasteiger partial charge >= 0.3 is 35.6 Å². The molecule has 0 atom stereocenters. The molecule has 0 amide bonds. The van der Waals surface area contributed by atoms with Crippen LogP contribution in [0.4, 0.5) is 0 Å². The highest BCUT2D eigenvalue weighted by Crippen LogP contribution is 2.48. The van der Waals surface area contributed by atoms with Gasteiger partial charge in [0.15, 0.2) is 0 Å². The summed E-state index contributed by atoms with van der Waals surface area (Å²) in [6.45, 7) is 42.0. The SMILES string of the molecule is CC1(C)OB(c2c3ccccc3cc3c2sc2ccccc23)OC1(C)C.CC1(C)OB(c2ccc3c(c2)sc2cc4ccccc4cc23)OC1(C)C.CC1(C)OB(c2ccc3sc4cc5ccccc5cc4c3c2)OC1(C)C.CC1(C)OB(c2cccc3c2sc2cc4ccccc4cc23)OC1(C)C.CC1(C)OB(c2cccc3cc4sc5ccccc5c4cc23)OC1(C)C. The maximum atomic E-state index is 6.45. The largest absolute Gasteiger partial charge is 0.496 e. The predicted molar refractivity (Wildman–Crippen MR) is 563 cm³/mol. The minimum absolute atomic E-state index is 0.311. The van der Waals surface area contributed by atoms with E-state index in [4.69, 9.17) is 46.5 Å². The lowest BCUT2D eigenvalue weighted by molar-refractivity contribution is 0.00578. The topological polar surface area (TPSA) is 92.3 Å². The van der Waals surface area contributed by atoms with E-state index in [0.717, 1.165) is 27.3 Å².